The van der Waals surface area contributed by atoms with Crippen molar-refractivity contribution in [3.63, 3.8) is 0 Å². The minimum absolute atomic E-state index is 0.0400. The number of rotatable bonds is 6. The molecule has 1 aromatic carbocycles. The largest absolute Gasteiger partial charge is 0.479 e. The number of benzene rings is 1. The molecule has 0 aliphatic carbocycles. The van der Waals surface area contributed by atoms with E-state index in [1.54, 1.807) is 24.0 Å². The van der Waals surface area contributed by atoms with Crippen molar-refractivity contribution in [2.75, 3.05) is 11.4 Å². The van der Waals surface area contributed by atoms with Crippen LogP contribution in [0.25, 0.3) is 11.4 Å². The molecule has 144 valence electrons. The highest BCUT2D eigenvalue weighted by molar-refractivity contribution is 7.08. The minimum atomic E-state index is -0.597. The molecule has 8 nitrogen and oxygen atoms in total. The molecule has 28 heavy (non-hydrogen) atoms. The number of para-hydroxylation sites is 2. The van der Waals surface area contributed by atoms with Gasteiger partial charge in [0.1, 0.15) is 5.75 Å². The smallest absolute Gasteiger partial charge is 0.308 e. The standard InChI is InChI=1S/C19H17N3O5S/c1-12-19(24)22(14-4-2-3-5-15(14)26-12)8-6-17(23)25-10-16-20-18(21-27-16)13-7-9-28-11-13/h2-5,7,9,11-12H,6,8,10H2,1H3. The van der Waals surface area contributed by atoms with Gasteiger partial charge >= 0.3 is 5.97 Å². The summed E-state index contributed by atoms with van der Waals surface area (Å²) in [6.07, 6.45) is -0.557. The maximum absolute atomic E-state index is 12.4. The molecular formula is C19H17N3O5S. The van der Waals surface area contributed by atoms with E-state index in [0.29, 0.717) is 17.3 Å². The molecule has 0 radical (unpaired) electrons. The molecule has 1 amide bonds. The quantitative estimate of drug-likeness (QED) is 0.588. The van der Waals surface area contributed by atoms with Gasteiger partial charge in [-0.15, -0.1) is 0 Å². The molecule has 0 bridgehead atoms. The summed E-state index contributed by atoms with van der Waals surface area (Å²) in [5.41, 5.74) is 1.50. The molecule has 1 atom stereocenters. The summed E-state index contributed by atoms with van der Waals surface area (Å²) in [6, 6.07) is 9.11. The van der Waals surface area contributed by atoms with E-state index in [1.807, 2.05) is 29.0 Å². The van der Waals surface area contributed by atoms with Gasteiger partial charge in [0.25, 0.3) is 11.8 Å². The predicted octanol–water partition coefficient (Wildman–Crippen LogP) is 3.05. The van der Waals surface area contributed by atoms with E-state index in [1.165, 1.54) is 11.3 Å². The summed E-state index contributed by atoms with van der Waals surface area (Å²) in [6.45, 7) is 1.77. The normalized spacial score (nSPS) is 15.8. The van der Waals surface area contributed by atoms with Crippen LogP contribution in [-0.4, -0.2) is 34.7 Å². The Labute approximate surface area is 164 Å². The average molecular weight is 399 g/mol. The second kappa shape index (κ2) is 7.81. The number of ether oxygens (including phenoxy) is 2. The van der Waals surface area contributed by atoms with Crippen molar-refractivity contribution in [2.24, 2.45) is 0 Å². The molecule has 0 N–H and O–H groups in total. The number of thiophene rings is 1. The zero-order valence-electron chi connectivity index (χ0n) is 15.0. The van der Waals surface area contributed by atoms with Crippen molar-refractivity contribution in [3.05, 3.63) is 47.0 Å². The molecule has 9 heteroatoms. The highest BCUT2D eigenvalue weighted by Crippen LogP contribution is 2.33. The summed E-state index contributed by atoms with van der Waals surface area (Å²) in [5, 5.41) is 7.68. The molecule has 1 unspecified atom stereocenters. The Hall–Kier alpha value is -3.20. The number of hydrogen-bond donors (Lipinski definition) is 0. The van der Waals surface area contributed by atoms with Crippen LogP contribution in [0.1, 0.15) is 19.2 Å². The van der Waals surface area contributed by atoms with E-state index >= 15 is 0 Å². The summed E-state index contributed by atoms with van der Waals surface area (Å²) < 4.78 is 15.9. The molecule has 3 heterocycles. The van der Waals surface area contributed by atoms with Crippen LogP contribution in [0.5, 0.6) is 5.75 Å². The van der Waals surface area contributed by atoms with Gasteiger partial charge in [-0.25, -0.2) is 0 Å². The van der Waals surface area contributed by atoms with E-state index in [-0.39, 0.29) is 31.4 Å². The lowest BCUT2D eigenvalue weighted by molar-refractivity contribution is -0.145. The van der Waals surface area contributed by atoms with E-state index in [4.69, 9.17) is 14.0 Å². The van der Waals surface area contributed by atoms with Gasteiger partial charge in [0, 0.05) is 17.5 Å². The number of anilines is 1. The van der Waals surface area contributed by atoms with Crippen molar-refractivity contribution in [1.29, 1.82) is 0 Å². The Morgan fingerprint density at radius 1 is 1.32 bits per heavy atom. The lowest BCUT2D eigenvalue weighted by atomic mass is 10.2. The van der Waals surface area contributed by atoms with Crippen LogP contribution < -0.4 is 9.64 Å². The SMILES string of the molecule is CC1Oc2ccccc2N(CCC(=O)OCc2nc(-c3ccsc3)no2)C1=O. The number of carbonyl (C=O) groups is 2. The first-order valence-corrected chi connectivity index (χ1v) is 9.64. The molecule has 1 aliphatic rings. The van der Waals surface area contributed by atoms with Gasteiger partial charge in [-0.3, -0.25) is 9.59 Å². The van der Waals surface area contributed by atoms with Gasteiger partial charge in [0.15, 0.2) is 12.7 Å². The topological polar surface area (TPSA) is 94.8 Å². The van der Waals surface area contributed by atoms with Crippen molar-refractivity contribution >= 4 is 28.9 Å². The number of fused-ring (bicyclic) bond motifs is 1. The highest BCUT2D eigenvalue weighted by Gasteiger charge is 2.31. The summed E-state index contributed by atoms with van der Waals surface area (Å²) in [5.74, 6) is 0.645. The predicted molar refractivity (Wildman–Crippen MR) is 101 cm³/mol. The summed E-state index contributed by atoms with van der Waals surface area (Å²) >= 11 is 1.53. The minimum Gasteiger partial charge on any atom is -0.479 e. The lowest BCUT2D eigenvalue weighted by Crippen LogP contribution is -2.45. The van der Waals surface area contributed by atoms with Gasteiger partial charge in [0.05, 0.1) is 12.1 Å². The zero-order chi connectivity index (χ0) is 19.5. The fourth-order valence-corrected chi connectivity index (χ4v) is 3.46. The molecule has 1 aliphatic heterocycles. The number of amides is 1. The molecule has 2 aromatic heterocycles. The Bertz CT molecular complexity index is 985. The van der Waals surface area contributed by atoms with Gasteiger partial charge < -0.3 is 18.9 Å². The molecule has 4 rings (SSSR count). The fraction of sp³-hybridized carbons (Fsp3) is 0.263. The van der Waals surface area contributed by atoms with Gasteiger partial charge in [-0.1, -0.05) is 17.3 Å². The van der Waals surface area contributed by atoms with Crippen LogP contribution in [0.3, 0.4) is 0 Å². The first-order chi connectivity index (χ1) is 13.6. The van der Waals surface area contributed by atoms with Crippen molar-refractivity contribution < 1.29 is 23.6 Å². The van der Waals surface area contributed by atoms with E-state index in [0.717, 1.165) is 5.56 Å². The summed E-state index contributed by atoms with van der Waals surface area (Å²) in [4.78, 5) is 30.3. The van der Waals surface area contributed by atoms with Gasteiger partial charge in [-0.2, -0.15) is 16.3 Å². The molecular weight excluding hydrogens is 382 g/mol. The number of hydrogen-bond acceptors (Lipinski definition) is 8. The van der Waals surface area contributed by atoms with Gasteiger partial charge in [0.2, 0.25) is 5.82 Å². The molecule has 3 aromatic rings. The second-order valence-electron chi connectivity index (χ2n) is 6.15. The Morgan fingerprint density at radius 2 is 2.18 bits per heavy atom. The van der Waals surface area contributed by atoms with Crippen LogP contribution in [0.15, 0.2) is 45.6 Å². The van der Waals surface area contributed by atoms with E-state index < -0.39 is 12.1 Å². The van der Waals surface area contributed by atoms with E-state index in [9.17, 15) is 9.59 Å². The molecule has 0 spiro atoms. The molecule has 0 saturated carbocycles. The number of aromatic nitrogens is 2. The molecule has 0 saturated heterocycles. The lowest BCUT2D eigenvalue weighted by Gasteiger charge is -2.32. The molecule has 0 fully saturated rings. The Balaban J connectivity index is 1.33. The van der Waals surface area contributed by atoms with Gasteiger partial charge in [-0.05, 0) is 30.5 Å². The Morgan fingerprint density at radius 3 is 3.00 bits per heavy atom. The average Bonchev–Trinajstić information content (AvgIpc) is 3.38. The maximum Gasteiger partial charge on any atom is 0.308 e. The van der Waals surface area contributed by atoms with Crippen LogP contribution in [0.2, 0.25) is 0 Å². The van der Waals surface area contributed by atoms with Crippen molar-refractivity contribution in [3.8, 4) is 17.1 Å². The first-order valence-electron chi connectivity index (χ1n) is 8.69. The fourth-order valence-electron chi connectivity index (χ4n) is 2.83. The number of esters is 1. The van der Waals surface area contributed by atoms with Crippen LogP contribution in [0.4, 0.5) is 5.69 Å². The summed E-state index contributed by atoms with van der Waals surface area (Å²) in [7, 11) is 0. The van der Waals surface area contributed by atoms with E-state index in [2.05, 4.69) is 10.1 Å². The third-order valence-electron chi connectivity index (χ3n) is 4.22. The second-order valence-corrected chi connectivity index (χ2v) is 6.93. The first kappa shape index (κ1) is 18.2. The van der Waals surface area contributed by atoms with Crippen LogP contribution in [0, 0.1) is 0 Å². The monoisotopic (exact) mass is 399 g/mol. The van der Waals surface area contributed by atoms with Crippen molar-refractivity contribution in [1.82, 2.24) is 10.1 Å². The van der Waals surface area contributed by atoms with Crippen LogP contribution in [-0.2, 0) is 20.9 Å². The zero-order valence-corrected chi connectivity index (χ0v) is 15.8. The maximum atomic E-state index is 12.4. The highest BCUT2D eigenvalue weighted by atomic mass is 32.1. The Kier molecular flexibility index (Phi) is 5.07. The van der Waals surface area contributed by atoms with Crippen LogP contribution >= 0.6 is 11.3 Å². The third-order valence-corrected chi connectivity index (χ3v) is 4.90. The van der Waals surface area contributed by atoms with Crippen molar-refractivity contribution in [2.45, 2.75) is 26.1 Å². The third kappa shape index (κ3) is 3.74. The number of nitrogens with zero attached hydrogens (tertiary/aromatic N) is 3. The number of carbonyl (C=O) groups excluding carboxylic acids is 2.